The molecule has 0 spiro atoms. The summed E-state index contributed by atoms with van der Waals surface area (Å²) >= 11 is 0. The van der Waals surface area contributed by atoms with Gasteiger partial charge in [-0.3, -0.25) is 9.59 Å². The average Bonchev–Trinajstić information content (AvgIpc) is 2.62. The van der Waals surface area contributed by atoms with E-state index >= 15 is 0 Å². The molecule has 25 heavy (non-hydrogen) atoms. The Bertz CT molecular complexity index is 868. The van der Waals surface area contributed by atoms with Crippen LogP contribution in [0.3, 0.4) is 0 Å². The molecule has 2 heterocycles. The first-order valence-electron chi connectivity index (χ1n) is 8.17. The number of nitriles is 1. The van der Waals surface area contributed by atoms with Crippen LogP contribution in [0, 0.1) is 18.3 Å². The molecule has 1 aliphatic rings. The molecule has 1 atom stereocenters. The molecule has 0 unspecified atom stereocenters. The molecule has 0 aliphatic carbocycles. The third-order valence-corrected chi connectivity index (χ3v) is 4.32. The van der Waals surface area contributed by atoms with Crippen molar-refractivity contribution in [3.05, 3.63) is 69.1 Å². The summed E-state index contributed by atoms with van der Waals surface area (Å²) in [6, 6.07) is 13.2. The number of rotatable bonds is 3. The first-order valence-corrected chi connectivity index (χ1v) is 8.17. The second-order valence-electron chi connectivity index (χ2n) is 6.10. The zero-order valence-corrected chi connectivity index (χ0v) is 14.0. The molecular weight excluding hydrogens is 318 g/mol. The molecule has 1 amide bonds. The number of carbonyl (C=O) groups is 1. The third kappa shape index (κ3) is 3.78. The molecule has 0 bridgehead atoms. The number of aromatic nitrogens is 1. The van der Waals surface area contributed by atoms with E-state index in [0.29, 0.717) is 31.0 Å². The van der Waals surface area contributed by atoms with Crippen molar-refractivity contribution in [1.82, 2.24) is 9.88 Å². The fourth-order valence-electron chi connectivity index (χ4n) is 3.00. The van der Waals surface area contributed by atoms with Gasteiger partial charge in [-0.2, -0.15) is 5.26 Å². The van der Waals surface area contributed by atoms with E-state index in [9.17, 15) is 9.59 Å². The van der Waals surface area contributed by atoms with E-state index in [1.165, 1.54) is 6.07 Å². The molecular formula is C19H19N3O3. The number of pyridine rings is 1. The van der Waals surface area contributed by atoms with Crippen molar-refractivity contribution in [2.45, 2.75) is 19.4 Å². The van der Waals surface area contributed by atoms with E-state index in [4.69, 9.17) is 10.00 Å². The van der Waals surface area contributed by atoms with Gasteiger partial charge in [0.05, 0.1) is 18.3 Å². The quantitative estimate of drug-likeness (QED) is 0.922. The Morgan fingerprint density at radius 2 is 2.16 bits per heavy atom. The first kappa shape index (κ1) is 16.9. The van der Waals surface area contributed by atoms with E-state index in [1.807, 2.05) is 36.4 Å². The SMILES string of the molecule is Cc1[nH]c(=O)c(C#N)cc1C(=O)N1CCO[C@@H](Cc2ccccc2)C1. The molecule has 1 aromatic carbocycles. The smallest absolute Gasteiger partial charge is 0.266 e. The summed E-state index contributed by atoms with van der Waals surface area (Å²) < 4.78 is 5.79. The molecule has 128 valence electrons. The summed E-state index contributed by atoms with van der Waals surface area (Å²) in [7, 11) is 0. The first-order chi connectivity index (χ1) is 12.1. The van der Waals surface area contributed by atoms with Gasteiger partial charge in [0, 0.05) is 25.2 Å². The van der Waals surface area contributed by atoms with Crippen molar-refractivity contribution in [2.24, 2.45) is 0 Å². The van der Waals surface area contributed by atoms with Crippen molar-refractivity contribution >= 4 is 5.91 Å². The number of nitrogens with zero attached hydrogens (tertiary/aromatic N) is 2. The zero-order valence-electron chi connectivity index (χ0n) is 14.0. The van der Waals surface area contributed by atoms with E-state index < -0.39 is 5.56 Å². The largest absolute Gasteiger partial charge is 0.374 e. The molecule has 1 aromatic heterocycles. The summed E-state index contributed by atoms with van der Waals surface area (Å²) in [5.41, 5.74) is 1.47. The number of amides is 1. The van der Waals surface area contributed by atoms with Crippen LogP contribution in [-0.2, 0) is 11.2 Å². The molecule has 6 nitrogen and oxygen atoms in total. The minimum Gasteiger partial charge on any atom is -0.374 e. The number of aromatic amines is 1. The van der Waals surface area contributed by atoms with Crippen LogP contribution in [0.2, 0.25) is 0 Å². The van der Waals surface area contributed by atoms with Gasteiger partial charge in [0.15, 0.2) is 0 Å². The highest BCUT2D eigenvalue weighted by Gasteiger charge is 2.26. The van der Waals surface area contributed by atoms with Crippen LogP contribution in [0.25, 0.3) is 0 Å². The Morgan fingerprint density at radius 1 is 1.40 bits per heavy atom. The Morgan fingerprint density at radius 3 is 2.88 bits per heavy atom. The van der Waals surface area contributed by atoms with Gasteiger partial charge < -0.3 is 14.6 Å². The Balaban J connectivity index is 1.76. The van der Waals surface area contributed by atoms with E-state index in [1.54, 1.807) is 11.8 Å². The van der Waals surface area contributed by atoms with Crippen LogP contribution >= 0.6 is 0 Å². The Kier molecular flexibility index (Phi) is 4.96. The number of hydrogen-bond acceptors (Lipinski definition) is 4. The number of ether oxygens (including phenoxy) is 1. The molecule has 1 aliphatic heterocycles. The van der Waals surface area contributed by atoms with Gasteiger partial charge in [0.25, 0.3) is 11.5 Å². The predicted molar refractivity (Wildman–Crippen MR) is 92.3 cm³/mol. The molecule has 0 radical (unpaired) electrons. The highest BCUT2D eigenvalue weighted by Crippen LogP contribution is 2.16. The topological polar surface area (TPSA) is 86.2 Å². The summed E-state index contributed by atoms with van der Waals surface area (Å²) in [6.45, 7) is 3.10. The maximum absolute atomic E-state index is 12.8. The summed E-state index contributed by atoms with van der Waals surface area (Å²) in [6.07, 6.45) is 0.664. The van der Waals surface area contributed by atoms with Gasteiger partial charge in [-0.25, -0.2) is 0 Å². The summed E-state index contributed by atoms with van der Waals surface area (Å²) in [4.78, 5) is 28.8. The molecule has 0 saturated carbocycles. The van der Waals surface area contributed by atoms with Crippen LogP contribution in [-0.4, -0.2) is 41.6 Å². The maximum Gasteiger partial charge on any atom is 0.266 e. The highest BCUT2D eigenvalue weighted by molar-refractivity contribution is 5.95. The third-order valence-electron chi connectivity index (χ3n) is 4.32. The summed E-state index contributed by atoms with van der Waals surface area (Å²) in [5, 5.41) is 9.02. The standard InChI is InChI=1S/C19H19N3O3/c1-13-17(10-15(11-20)18(23)21-13)19(24)22-7-8-25-16(12-22)9-14-5-3-2-4-6-14/h2-6,10,16H,7-9,12H2,1H3,(H,21,23)/t16-/m0/s1. The number of nitrogens with one attached hydrogen (secondary N) is 1. The van der Waals surface area contributed by atoms with Gasteiger partial charge in [-0.1, -0.05) is 30.3 Å². The van der Waals surface area contributed by atoms with Gasteiger partial charge >= 0.3 is 0 Å². The maximum atomic E-state index is 12.8. The number of hydrogen-bond donors (Lipinski definition) is 1. The Labute approximate surface area is 145 Å². The van der Waals surface area contributed by atoms with Crippen molar-refractivity contribution < 1.29 is 9.53 Å². The molecule has 2 aromatic rings. The predicted octanol–water partition coefficient (Wildman–Crippen LogP) is 1.64. The fourth-order valence-corrected chi connectivity index (χ4v) is 3.00. The fraction of sp³-hybridized carbons (Fsp3) is 0.316. The van der Waals surface area contributed by atoms with E-state index in [2.05, 4.69) is 4.98 Å². The molecule has 1 N–H and O–H groups in total. The lowest BCUT2D eigenvalue weighted by Crippen LogP contribution is -2.46. The number of morpholine rings is 1. The lowest BCUT2D eigenvalue weighted by molar-refractivity contribution is -0.0208. The lowest BCUT2D eigenvalue weighted by atomic mass is 10.1. The Hall–Kier alpha value is -2.91. The highest BCUT2D eigenvalue weighted by atomic mass is 16.5. The van der Waals surface area contributed by atoms with Crippen LogP contribution < -0.4 is 5.56 Å². The molecule has 1 fully saturated rings. The van der Waals surface area contributed by atoms with E-state index in [0.717, 1.165) is 12.0 Å². The molecule has 3 rings (SSSR count). The average molecular weight is 337 g/mol. The van der Waals surface area contributed by atoms with Crippen molar-refractivity contribution in [1.29, 1.82) is 5.26 Å². The number of aryl methyl sites for hydroxylation is 1. The van der Waals surface area contributed by atoms with Crippen LogP contribution in [0.4, 0.5) is 0 Å². The second kappa shape index (κ2) is 7.32. The minimum atomic E-state index is -0.472. The normalized spacial score (nSPS) is 17.1. The lowest BCUT2D eigenvalue weighted by Gasteiger charge is -2.33. The molecule has 6 heteroatoms. The van der Waals surface area contributed by atoms with Crippen LogP contribution in [0.15, 0.2) is 41.2 Å². The van der Waals surface area contributed by atoms with Crippen LogP contribution in [0.1, 0.15) is 27.2 Å². The number of carbonyl (C=O) groups excluding carboxylic acids is 1. The zero-order chi connectivity index (χ0) is 17.8. The number of benzene rings is 1. The minimum absolute atomic E-state index is 0.0527. The van der Waals surface area contributed by atoms with Gasteiger partial charge in [0.1, 0.15) is 11.6 Å². The van der Waals surface area contributed by atoms with Gasteiger partial charge in [-0.15, -0.1) is 0 Å². The van der Waals surface area contributed by atoms with Crippen molar-refractivity contribution in [3.8, 4) is 6.07 Å². The van der Waals surface area contributed by atoms with Crippen molar-refractivity contribution in [2.75, 3.05) is 19.7 Å². The monoisotopic (exact) mass is 337 g/mol. The molecule has 1 saturated heterocycles. The van der Waals surface area contributed by atoms with Crippen molar-refractivity contribution in [3.63, 3.8) is 0 Å². The number of H-pyrrole nitrogens is 1. The van der Waals surface area contributed by atoms with Gasteiger partial charge in [0.2, 0.25) is 0 Å². The summed E-state index contributed by atoms with van der Waals surface area (Å²) in [5.74, 6) is -0.188. The van der Waals surface area contributed by atoms with Crippen LogP contribution in [0.5, 0.6) is 0 Å². The second-order valence-corrected chi connectivity index (χ2v) is 6.10. The van der Waals surface area contributed by atoms with E-state index in [-0.39, 0.29) is 17.6 Å². The van der Waals surface area contributed by atoms with Gasteiger partial charge in [-0.05, 0) is 18.6 Å².